The average Bonchev–Trinajstić information content (AvgIpc) is 3.20. The predicted molar refractivity (Wildman–Crippen MR) is 125 cm³/mol. The van der Waals surface area contributed by atoms with Crippen molar-refractivity contribution in [3.8, 4) is 11.6 Å². The summed E-state index contributed by atoms with van der Waals surface area (Å²) in [6.07, 6.45) is 0.451. The number of hydrogen-bond donors (Lipinski definition) is 1. The lowest BCUT2D eigenvalue weighted by Gasteiger charge is -2.37. The third-order valence-electron chi connectivity index (χ3n) is 7.16. The third kappa shape index (κ3) is 4.13. The maximum absolute atomic E-state index is 14.6. The molecule has 11 heteroatoms. The molecule has 4 aliphatic rings. The Bertz CT molecular complexity index is 1250. The van der Waals surface area contributed by atoms with E-state index in [2.05, 4.69) is 20.1 Å². The lowest BCUT2D eigenvalue weighted by molar-refractivity contribution is -0.136. The molecule has 188 valence electrons. The minimum Gasteiger partial charge on any atom is -0.484 e. The summed E-state index contributed by atoms with van der Waals surface area (Å²) in [6, 6.07) is 5.81. The number of fused-ring (bicyclic) bond motifs is 2. The number of carbonyl (C=O) groups is 3. The van der Waals surface area contributed by atoms with Crippen LogP contribution >= 0.6 is 0 Å². The van der Waals surface area contributed by atoms with E-state index in [4.69, 9.17) is 9.47 Å². The van der Waals surface area contributed by atoms with E-state index in [1.165, 1.54) is 17.0 Å². The number of imide groups is 1. The highest BCUT2D eigenvalue weighted by Gasteiger charge is 2.41. The highest BCUT2D eigenvalue weighted by molar-refractivity contribution is 6.06. The summed E-state index contributed by atoms with van der Waals surface area (Å²) in [6.45, 7) is 4.70. The van der Waals surface area contributed by atoms with Crippen molar-refractivity contribution in [3.63, 3.8) is 0 Å². The number of rotatable bonds is 4. The molecule has 4 aliphatic heterocycles. The van der Waals surface area contributed by atoms with Gasteiger partial charge in [-0.1, -0.05) is 0 Å². The molecule has 10 nitrogen and oxygen atoms in total. The van der Waals surface area contributed by atoms with Crippen molar-refractivity contribution in [1.82, 2.24) is 20.1 Å². The zero-order valence-corrected chi connectivity index (χ0v) is 19.7. The molecule has 1 N–H and O–H groups in total. The molecule has 0 saturated carbocycles. The highest BCUT2D eigenvalue weighted by atomic mass is 19.1. The molecule has 1 unspecified atom stereocenters. The molecule has 1 aromatic carbocycles. The maximum Gasteiger partial charge on any atom is 0.257 e. The van der Waals surface area contributed by atoms with E-state index in [1.54, 1.807) is 0 Å². The van der Waals surface area contributed by atoms with Gasteiger partial charge in [0, 0.05) is 62.5 Å². The fraction of sp³-hybridized carbons (Fsp3) is 0.440. The summed E-state index contributed by atoms with van der Waals surface area (Å²) in [5.41, 5.74) is 2.60. The second kappa shape index (κ2) is 9.05. The fourth-order valence-electron chi connectivity index (χ4n) is 5.32. The van der Waals surface area contributed by atoms with Crippen LogP contribution in [0.2, 0.25) is 0 Å². The summed E-state index contributed by atoms with van der Waals surface area (Å²) in [7, 11) is 0. The number of piperazine rings is 1. The number of carbonyl (C=O) groups excluding carboxylic acids is 3. The molecule has 0 spiro atoms. The zero-order chi connectivity index (χ0) is 24.8. The van der Waals surface area contributed by atoms with Gasteiger partial charge in [-0.2, -0.15) is 0 Å². The number of anilines is 1. The monoisotopic (exact) mass is 495 g/mol. The summed E-state index contributed by atoms with van der Waals surface area (Å²) >= 11 is 0. The fourth-order valence-corrected chi connectivity index (χ4v) is 5.32. The Morgan fingerprint density at radius 2 is 1.86 bits per heavy atom. The van der Waals surface area contributed by atoms with Gasteiger partial charge in [-0.05, 0) is 30.7 Å². The minimum atomic E-state index is -0.728. The average molecular weight is 496 g/mol. The van der Waals surface area contributed by atoms with Crippen molar-refractivity contribution in [3.05, 3.63) is 46.9 Å². The van der Waals surface area contributed by atoms with Gasteiger partial charge >= 0.3 is 0 Å². The predicted octanol–water partition coefficient (Wildman–Crippen LogP) is 1.08. The molecule has 0 bridgehead atoms. The van der Waals surface area contributed by atoms with Crippen molar-refractivity contribution in [2.45, 2.75) is 32.0 Å². The number of halogens is 1. The first kappa shape index (κ1) is 22.7. The summed E-state index contributed by atoms with van der Waals surface area (Å²) in [5.74, 6) is -0.477. The van der Waals surface area contributed by atoms with E-state index in [1.807, 2.05) is 12.1 Å². The van der Waals surface area contributed by atoms with E-state index in [9.17, 15) is 18.8 Å². The third-order valence-corrected chi connectivity index (χ3v) is 7.16. The lowest BCUT2D eigenvalue weighted by Crippen LogP contribution is -2.52. The lowest BCUT2D eigenvalue weighted by atomic mass is 10.0. The zero-order valence-electron chi connectivity index (χ0n) is 19.7. The molecular weight excluding hydrogens is 469 g/mol. The van der Waals surface area contributed by atoms with Crippen molar-refractivity contribution in [2.75, 3.05) is 44.3 Å². The molecular formula is C25H26FN5O5. The highest BCUT2D eigenvalue weighted by Crippen LogP contribution is 2.36. The van der Waals surface area contributed by atoms with E-state index in [-0.39, 0.29) is 36.8 Å². The van der Waals surface area contributed by atoms with E-state index < -0.39 is 17.8 Å². The number of pyridine rings is 1. The molecule has 0 aliphatic carbocycles. The molecule has 6 rings (SSSR count). The van der Waals surface area contributed by atoms with Crippen LogP contribution in [0.25, 0.3) is 0 Å². The van der Waals surface area contributed by atoms with E-state index in [0.717, 1.165) is 24.3 Å². The van der Waals surface area contributed by atoms with Crippen molar-refractivity contribution in [1.29, 1.82) is 0 Å². The second-order valence-corrected chi connectivity index (χ2v) is 9.42. The molecule has 2 fully saturated rings. The molecule has 3 amide bonds. The Morgan fingerprint density at radius 1 is 1.06 bits per heavy atom. The SMILES string of the molecule is O=C1CCC(N2Cc3c(cc(F)cc3N3CCN(Cc4ccc5c(n4)OCCO5)CC3)C2=O)C(=O)N1. The first-order chi connectivity index (χ1) is 17.5. The van der Waals surface area contributed by atoms with Gasteiger partial charge in [0.2, 0.25) is 11.8 Å². The smallest absolute Gasteiger partial charge is 0.257 e. The minimum absolute atomic E-state index is 0.179. The molecule has 36 heavy (non-hydrogen) atoms. The largest absolute Gasteiger partial charge is 0.484 e. The number of nitrogens with zero attached hydrogens (tertiary/aromatic N) is 4. The van der Waals surface area contributed by atoms with Crippen LogP contribution in [0.15, 0.2) is 24.3 Å². The normalized spacial score (nSPS) is 22.0. The summed E-state index contributed by atoms with van der Waals surface area (Å²) < 4.78 is 25.7. The van der Waals surface area contributed by atoms with Gasteiger partial charge in [0.1, 0.15) is 25.1 Å². The Balaban J connectivity index is 1.15. The number of ether oxygens (including phenoxy) is 2. The summed E-state index contributed by atoms with van der Waals surface area (Å²) in [4.78, 5) is 47.4. The topological polar surface area (TPSA) is 104 Å². The number of hydrogen-bond acceptors (Lipinski definition) is 8. The van der Waals surface area contributed by atoms with Crippen LogP contribution in [0.3, 0.4) is 0 Å². The number of piperidine rings is 1. The van der Waals surface area contributed by atoms with Crippen LogP contribution in [0.4, 0.5) is 10.1 Å². The standard InChI is InChI=1S/C25H26FN5O5/c26-15-11-17-18(14-31(25(17)34)19-2-4-22(32)28-23(19)33)20(12-15)30-7-5-29(6-8-30)13-16-1-3-21-24(27-16)36-10-9-35-21/h1,3,11-12,19H,2,4-10,13-14H2,(H,28,32,33). The van der Waals surface area contributed by atoms with Gasteiger partial charge in [-0.3, -0.25) is 24.6 Å². The Kier molecular flexibility index (Phi) is 5.71. The van der Waals surface area contributed by atoms with Crippen LogP contribution in [0.1, 0.15) is 34.5 Å². The van der Waals surface area contributed by atoms with E-state index in [0.29, 0.717) is 50.2 Å². The van der Waals surface area contributed by atoms with Gasteiger partial charge in [0.25, 0.3) is 11.8 Å². The van der Waals surface area contributed by atoms with E-state index >= 15 is 0 Å². The van der Waals surface area contributed by atoms with Crippen LogP contribution in [0, 0.1) is 5.82 Å². The van der Waals surface area contributed by atoms with Gasteiger partial charge < -0.3 is 19.3 Å². The molecule has 1 aromatic heterocycles. The van der Waals surface area contributed by atoms with Crippen LogP contribution in [-0.4, -0.2) is 77.9 Å². The van der Waals surface area contributed by atoms with Crippen LogP contribution in [0.5, 0.6) is 11.6 Å². The number of amides is 3. The Labute approximate surface area is 207 Å². The van der Waals surface area contributed by atoms with Gasteiger partial charge in [-0.15, -0.1) is 0 Å². The molecule has 2 saturated heterocycles. The second-order valence-electron chi connectivity index (χ2n) is 9.42. The number of benzene rings is 1. The molecule has 0 radical (unpaired) electrons. The first-order valence-electron chi connectivity index (χ1n) is 12.2. The van der Waals surface area contributed by atoms with Crippen molar-refractivity contribution in [2.24, 2.45) is 0 Å². The molecule has 2 aromatic rings. The number of aromatic nitrogens is 1. The van der Waals surface area contributed by atoms with Crippen molar-refractivity contribution >= 4 is 23.4 Å². The van der Waals surface area contributed by atoms with Crippen molar-refractivity contribution < 1.29 is 28.2 Å². The maximum atomic E-state index is 14.6. The van der Waals surface area contributed by atoms with Crippen LogP contribution in [-0.2, 0) is 22.7 Å². The van der Waals surface area contributed by atoms with Gasteiger partial charge in [-0.25, -0.2) is 9.37 Å². The Hall–Kier alpha value is -3.73. The van der Waals surface area contributed by atoms with Gasteiger partial charge in [0.05, 0.1) is 5.69 Å². The Morgan fingerprint density at radius 3 is 2.67 bits per heavy atom. The van der Waals surface area contributed by atoms with Crippen LogP contribution < -0.4 is 19.7 Å². The number of nitrogens with one attached hydrogen (secondary N) is 1. The first-order valence-corrected chi connectivity index (χ1v) is 12.2. The summed E-state index contributed by atoms with van der Waals surface area (Å²) in [5, 5.41) is 2.30. The molecule has 1 atom stereocenters. The molecule has 5 heterocycles. The quantitative estimate of drug-likeness (QED) is 0.629. The van der Waals surface area contributed by atoms with Gasteiger partial charge in [0.15, 0.2) is 5.75 Å².